The summed E-state index contributed by atoms with van der Waals surface area (Å²) in [5.41, 5.74) is 0.413. The number of halogens is 1. The molecule has 0 aliphatic carbocycles. The zero-order valence-electron chi connectivity index (χ0n) is 8.38. The second kappa shape index (κ2) is 4.34. The second-order valence-corrected chi connectivity index (χ2v) is 3.64. The summed E-state index contributed by atoms with van der Waals surface area (Å²) in [7, 11) is 0. The second-order valence-electron chi connectivity index (χ2n) is 3.23. The zero-order valence-corrected chi connectivity index (χ0v) is 9.14. The topological polar surface area (TPSA) is 88.9 Å². The van der Waals surface area contributed by atoms with E-state index < -0.39 is 4.92 Å². The van der Waals surface area contributed by atoms with Crippen LogP contribution in [0.5, 0.6) is 0 Å². The van der Waals surface area contributed by atoms with Crippen molar-refractivity contribution in [2.45, 2.75) is 0 Å². The van der Waals surface area contributed by atoms with Crippen LogP contribution in [0.4, 0.5) is 5.69 Å². The third-order valence-electron chi connectivity index (χ3n) is 2.12. The number of hydrogen-bond donors (Lipinski definition) is 1. The minimum absolute atomic E-state index is 0.0585. The van der Waals surface area contributed by atoms with Crippen molar-refractivity contribution in [1.82, 2.24) is 10.2 Å². The number of nitro benzene ring substituents is 1. The van der Waals surface area contributed by atoms with Crippen LogP contribution in [-0.2, 0) is 0 Å². The molecule has 1 aromatic carbocycles. The monoisotopic (exact) mass is 251 g/mol. The summed E-state index contributed by atoms with van der Waals surface area (Å²) >= 11 is 5.68. The fourth-order valence-corrected chi connectivity index (χ4v) is 1.50. The molecule has 1 heterocycles. The Morgan fingerprint density at radius 1 is 1.29 bits per heavy atom. The lowest BCUT2D eigenvalue weighted by Gasteiger charge is -2.00. The van der Waals surface area contributed by atoms with Crippen LogP contribution >= 0.6 is 11.6 Å². The number of aromatic amines is 1. The lowest BCUT2D eigenvalue weighted by molar-refractivity contribution is -0.384. The van der Waals surface area contributed by atoms with Crippen LogP contribution in [0, 0.1) is 10.1 Å². The molecule has 0 aliphatic heterocycles. The summed E-state index contributed by atoms with van der Waals surface area (Å²) in [6.45, 7) is 0. The maximum Gasteiger partial charge on any atom is 0.288 e. The molecule has 0 unspecified atom stereocenters. The van der Waals surface area contributed by atoms with Crippen LogP contribution in [0.25, 0.3) is 11.3 Å². The van der Waals surface area contributed by atoms with E-state index in [-0.39, 0.29) is 16.3 Å². The number of nitrogens with one attached hydrogen (secondary N) is 1. The summed E-state index contributed by atoms with van der Waals surface area (Å²) in [6.07, 6.45) is 0. The first-order valence-corrected chi connectivity index (χ1v) is 4.96. The van der Waals surface area contributed by atoms with Crippen LogP contribution in [0.1, 0.15) is 0 Å². The number of H-pyrrole nitrogens is 1. The molecule has 0 saturated heterocycles. The number of benzene rings is 1. The number of nitrogens with zero attached hydrogens (tertiary/aromatic N) is 2. The Bertz CT molecular complexity index is 618. The molecule has 1 aromatic heterocycles. The van der Waals surface area contributed by atoms with Crippen LogP contribution in [-0.4, -0.2) is 15.1 Å². The minimum Gasteiger partial charge on any atom is -0.268 e. The van der Waals surface area contributed by atoms with Gasteiger partial charge in [-0.25, -0.2) is 5.10 Å². The fourth-order valence-electron chi connectivity index (χ4n) is 1.32. The Hall–Kier alpha value is -2.21. The van der Waals surface area contributed by atoms with Crippen molar-refractivity contribution in [3.63, 3.8) is 0 Å². The Morgan fingerprint density at radius 2 is 2.06 bits per heavy atom. The lowest BCUT2D eigenvalue weighted by Crippen LogP contribution is -2.05. The minimum atomic E-state index is -0.572. The molecule has 0 amide bonds. The molecule has 6 nitrogen and oxygen atoms in total. The smallest absolute Gasteiger partial charge is 0.268 e. The summed E-state index contributed by atoms with van der Waals surface area (Å²) < 4.78 is 0. The van der Waals surface area contributed by atoms with E-state index in [1.807, 2.05) is 0 Å². The van der Waals surface area contributed by atoms with Crippen molar-refractivity contribution in [2.75, 3.05) is 0 Å². The summed E-state index contributed by atoms with van der Waals surface area (Å²) in [6, 6.07) is 7.09. The third-order valence-corrected chi connectivity index (χ3v) is 2.44. The molecule has 0 spiro atoms. The Kier molecular flexibility index (Phi) is 2.88. The first-order valence-electron chi connectivity index (χ1n) is 4.58. The maximum atomic E-state index is 10.8. The average molecular weight is 252 g/mol. The van der Waals surface area contributed by atoms with Gasteiger partial charge in [0.25, 0.3) is 11.2 Å². The van der Waals surface area contributed by atoms with Crippen molar-refractivity contribution in [3.8, 4) is 11.3 Å². The number of nitro groups is 1. The van der Waals surface area contributed by atoms with E-state index in [1.165, 1.54) is 24.3 Å². The van der Waals surface area contributed by atoms with E-state index in [0.29, 0.717) is 11.3 Å². The van der Waals surface area contributed by atoms with Gasteiger partial charge in [0.05, 0.1) is 10.6 Å². The molecule has 17 heavy (non-hydrogen) atoms. The fraction of sp³-hybridized carbons (Fsp3) is 0. The normalized spacial score (nSPS) is 10.2. The molecule has 2 rings (SSSR count). The Balaban J connectivity index is 2.53. The van der Waals surface area contributed by atoms with E-state index in [9.17, 15) is 14.9 Å². The number of hydrogen-bond acceptors (Lipinski definition) is 4. The number of rotatable bonds is 2. The molecule has 0 saturated carbocycles. The molecule has 0 atom stereocenters. The Morgan fingerprint density at radius 3 is 2.65 bits per heavy atom. The highest BCUT2D eigenvalue weighted by Crippen LogP contribution is 2.28. The SMILES string of the molecule is O=c1ccc(-c2ccc(Cl)c([N+](=O)[O-])c2)n[nH]1. The average Bonchev–Trinajstić information content (AvgIpc) is 2.30. The van der Waals surface area contributed by atoms with Crippen LogP contribution in [0.3, 0.4) is 0 Å². The van der Waals surface area contributed by atoms with Crippen LogP contribution < -0.4 is 5.56 Å². The molecule has 2 aromatic rings. The van der Waals surface area contributed by atoms with E-state index in [4.69, 9.17) is 11.6 Å². The van der Waals surface area contributed by atoms with Crippen molar-refractivity contribution >= 4 is 17.3 Å². The van der Waals surface area contributed by atoms with Gasteiger partial charge in [0.15, 0.2) is 0 Å². The summed E-state index contributed by atoms with van der Waals surface area (Å²) in [4.78, 5) is 21.0. The molecule has 1 N–H and O–H groups in total. The maximum absolute atomic E-state index is 10.8. The first kappa shape index (κ1) is 11.3. The standard InChI is InChI=1S/C10H6ClN3O3/c11-7-2-1-6(5-9(7)14(16)17)8-3-4-10(15)13-12-8/h1-5H,(H,13,15). The predicted molar refractivity (Wildman–Crippen MR) is 62.0 cm³/mol. The zero-order chi connectivity index (χ0) is 12.4. The molecule has 86 valence electrons. The largest absolute Gasteiger partial charge is 0.288 e. The molecular weight excluding hydrogens is 246 g/mol. The van der Waals surface area contributed by atoms with Gasteiger partial charge in [-0.15, -0.1) is 0 Å². The molecule has 0 bridgehead atoms. The van der Waals surface area contributed by atoms with Gasteiger partial charge in [0.1, 0.15) is 5.02 Å². The molecular formula is C10H6ClN3O3. The van der Waals surface area contributed by atoms with Crippen molar-refractivity contribution in [3.05, 3.63) is 55.8 Å². The van der Waals surface area contributed by atoms with E-state index in [1.54, 1.807) is 6.07 Å². The van der Waals surface area contributed by atoms with Crippen LogP contribution in [0.2, 0.25) is 5.02 Å². The van der Waals surface area contributed by atoms with Gasteiger partial charge in [-0.1, -0.05) is 17.7 Å². The van der Waals surface area contributed by atoms with Gasteiger partial charge in [0.2, 0.25) is 0 Å². The van der Waals surface area contributed by atoms with E-state index in [0.717, 1.165) is 0 Å². The highest BCUT2D eigenvalue weighted by atomic mass is 35.5. The third kappa shape index (κ3) is 2.31. The highest BCUT2D eigenvalue weighted by molar-refractivity contribution is 6.32. The van der Waals surface area contributed by atoms with Gasteiger partial charge in [0, 0.05) is 17.7 Å². The summed E-state index contributed by atoms with van der Waals surface area (Å²) in [5, 5.41) is 16.8. The molecule has 7 heteroatoms. The van der Waals surface area contributed by atoms with Crippen molar-refractivity contribution in [1.29, 1.82) is 0 Å². The van der Waals surface area contributed by atoms with Crippen LogP contribution in [0.15, 0.2) is 35.1 Å². The van der Waals surface area contributed by atoms with Gasteiger partial charge >= 0.3 is 0 Å². The number of aromatic nitrogens is 2. The Labute approximate surface area is 100 Å². The predicted octanol–water partition coefficient (Wildman–Crippen LogP) is 2.00. The molecule has 0 fully saturated rings. The lowest BCUT2D eigenvalue weighted by atomic mass is 10.1. The van der Waals surface area contributed by atoms with Crippen molar-refractivity contribution < 1.29 is 4.92 Å². The van der Waals surface area contributed by atoms with Gasteiger partial charge in [-0.3, -0.25) is 14.9 Å². The van der Waals surface area contributed by atoms with E-state index in [2.05, 4.69) is 10.2 Å². The van der Waals surface area contributed by atoms with Gasteiger partial charge < -0.3 is 0 Å². The quantitative estimate of drug-likeness (QED) is 0.653. The first-order chi connectivity index (χ1) is 8.08. The van der Waals surface area contributed by atoms with Crippen molar-refractivity contribution in [2.24, 2.45) is 0 Å². The molecule has 0 radical (unpaired) electrons. The van der Waals surface area contributed by atoms with E-state index >= 15 is 0 Å². The highest BCUT2D eigenvalue weighted by Gasteiger charge is 2.13. The summed E-state index contributed by atoms with van der Waals surface area (Å²) in [5.74, 6) is 0. The molecule has 0 aliphatic rings. The van der Waals surface area contributed by atoms with Gasteiger partial charge in [-0.05, 0) is 12.1 Å². The van der Waals surface area contributed by atoms with Gasteiger partial charge in [-0.2, -0.15) is 5.10 Å².